The molecule has 18 heavy (non-hydrogen) atoms. The van der Waals surface area contributed by atoms with Gasteiger partial charge in [-0.05, 0) is 33.1 Å². The molecule has 0 radical (unpaired) electrons. The second-order valence-electron chi connectivity index (χ2n) is 5.82. The van der Waals surface area contributed by atoms with Crippen molar-refractivity contribution in [3.05, 3.63) is 0 Å². The van der Waals surface area contributed by atoms with Gasteiger partial charge in [0.2, 0.25) is 0 Å². The molecule has 1 fully saturated rings. The van der Waals surface area contributed by atoms with E-state index in [2.05, 4.69) is 44.8 Å². The number of ether oxygens (including phenoxy) is 1. The molecule has 108 valence electrons. The van der Waals surface area contributed by atoms with E-state index >= 15 is 0 Å². The van der Waals surface area contributed by atoms with Crippen LogP contribution in [0.4, 0.5) is 0 Å². The van der Waals surface area contributed by atoms with Gasteiger partial charge in [-0.3, -0.25) is 4.90 Å². The van der Waals surface area contributed by atoms with Crippen LogP contribution in [0.25, 0.3) is 0 Å². The van der Waals surface area contributed by atoms with Crippen LogP contribution in [0.5, 0.6) is 0 Å². The number of nitrogens with zero attached hydrogens (tertiary/aromatic N) is 1. The SMILES string of the molecule is CCC1CNC(CC)(CC)CN1CCOC(C)C. The predicted octanol–water partition coefficient (Wildman–Crippen LogP) is 2.65. The van der Waals surface area contributed by atoms with Crippen LogP contribution < -0.4 is 5.32 Å². The Morgan fingerprint density at radius 3 is 2.44 bits per heavy atom. The van der Waals surface area contributed by atoms with Gasteiger partial charge in [0.25, 0.3) is 0 Å². The van der Waals surface area contributed by atoms with E-state index in [0.29, 0.717) is 17.7 Å². The largest absolute Gasteiger partial charge is 0.377 e. The van der Waals surface area contributed by atoms with Crippen LogP contribution in [0, 0.1) is 0 Å². The fraction of sp³-hybridized carbons (Fsp3) is 1.00. The molecule has 1 aliphatic heterocycles. The maximum atomic E-state index is 5.71. The highest BCUT2D eigenvalue weighted by Gasteiger charge is 2.35. The van der Waals surface area contributed by atoms with Crippen LogP contribution in [-0.2, 0) is 4.74 Å². The average Bonchev–Trinajstić information content (AvgIpc) is 2.38. The third-order valence-corrected chi connectivity index (χ3v) is 4.39. The number of hydrogen-bond acceptors (Lipinski definition) is 3. The zero-order chi connectivity index (χ0) is 13.6. The first-order valence-electron chi connectivity index (χ1n) is 7.67. The van der Waals surface area contributed by atoms with E-state index in [1.165, 1.54) is 25.8 Å². The Kier molecular flexibility index (Phi) is 6.61. The van der Waals surface area contributed by atoms with E-state index in [4.69, 9.17) is 4.74 Å². The Bertz CT molecular complexity index is 227. The first kappa shape index (κ1) is 15.9. The summed E-state index contributed by atoms with van der Waals surface area (Å²) >= 11 is 0. The van der Waals surface area contributed by atoms with E-state index in [1.54, 1.807) is 0 Å². The van der Waals surface area contributed by atoms with Crippen molar-refractivity contribution >= 4 is 0 Å². The van der Waals surface area contributed by atoms with Crippen LogP contribution in [0.15, 0.2) is 0 Å². The van der Waals surface area contributed by atoms with Crippen molar-refractivity contribution < 1.29 is 4.74 Å². The lowest BCUT2D eigenvalue weighted by Crippen LogP contribution is -2.64. The molecule has 1 atom stereocenters. The van der Waals surface area contributed by atoms with Crippen LogP contribution in [-0.4, -0.2) is 48.8 Å². The zero-order valence-electron chi connectivity index (χ0n) is 13.0. The molecule has 1 heterocycles. The molecule has 0 aliphatic carbocycles. The molecule has 0 spiro atoms. The Morgan fingerprint density at radius 1 is 1.28 bits per heavy atom. The minimum atomic E-state index is 0.323. The van der Waals surface area contributed by atoms with Crippen molar-refractivity contribution in [2.75, 3.05) is 26.2 Å². The molecule has 1 saturated heterocycles. The lowest BCUT2D eigenvalue weighted by molar-refractivity contribution is 0.0179. The van der Waals surface area contributed by atoms with E-state index < -0.39 is 0 Å². The van der Waals surface area contributed by atoms with Crippen molar-refractivity contribution in [3.63, 3.8) is 0 Å². The molecule has 1 N–H and O–H groups in total. The van der Waals surface area contributed by atoms with E-state index in [9.17, 15) is 0 Å². The third kappa shape index (κ3) is 4.22. The van der Waals surface area contributed by atoms with Gasteiger partial charge in [-0.15, -0.1) is 0 Å². The van der Waals surface area contributed by atoms with Gasteiger partial charge in [-0.1, -0.05) is 20.8 Å². The van der Waals surface area contributed by atoms with Gasteiger partial charge in [0, 0.05) is 31.2 Å². The average molecular weight is 256 g/mol. The Balaban J connectivity index is 2.53. The first-order chi connectivity index (χ1) is 8.56. The van der Waals surface area contributed by atoms with Gasteiger partial charge in [0.05, 0.1) is 12.7 Å². The fourth-order valence-electron chi connectivity index (χ4n) is 2.83. The minimum Gasteiger partial charge on any atom is -0.377 e. The highest BCUT2D eigenvalue weighted by atomic mass is 16.5. The monoisotopic (exact) mass is 256 g/mol. The summed E-state index contributed by atoms with van der Waals surface area (Å²) < 4.78 is 5.71. The number of rotatable bonds is 7. The molecule has 0 aromatic rings. The molecule has 0 amide bonds. The predicted molar refractivity (Wildman–Crippen MR) is 78.1 cm³/mol. The lowest BCUT2D eigenvalue weighted by atomic mass is 9.88. The zero-order valence-corrected chi connectivity index (χ0v) is 13.0. The van der Waals surface area contributed by atoms with Gasteiger partial charge in [-0.2, -0.15) is 0 Å². The molecule has 3 heteroatoms. The first-order valence-corrected chi connectivity index (χ1v) is 7.67. The van der Waals surface area contributed by atoms with Gasteiger partial charge in [0.15, 0.2) is 0 Å². The Morgan fingerprint density at radius 2 is 1.94 bits per heavy atom. The summed E-state index contributed by atoms with van der Waals surface area (Å²) in [4.78, 5) is 2.63. The lowest BCUT2D eigenvalue weighted by Gasteiger charge is -2.47. The van der Waals surface area contributed by atoms with Crippen LogP contribution >= 0.6 is 0 Å². The summed E-state index contributed by atoms with van der Waals surface area (Å²) in [6, 6.07) is 0.673. The van der Waals surface area contributed by atoms with Crippen LogP contribution in [0.2, 0.25) is 0 Å². The third-order valence-electron chi connectivity index (χ3n) is 4.39. The molecule has 0 saturated carbocycles. The summed E-state index contributed by atoms with van der Waals surface area (Å²) in [5.74, 6) is 0. The van der Waals surface area contributed by atoms with Crippen molar-refractivity contribution in [3.8, 4) is 0 Å². The van der Waals surface area contributed by atoms with E-state index in [0.717, 1.165) is 19.7 Å². The van der Waals surface area contributed by atoms with Gasteiger partial charge in [-0.25, -0.2) is 0 Å². The summed E-state index contributed by atoms with van der Waals surface area (Å²) in [7, 11) is 0. The smallest absolute Gasteiger partial charge is 0.0597 e. The molecular weight excluding hydrogens is 224 g/mol. The number of nitrogens with one attached hydrogen (secondary N) is 1. The summed E-state index contributed by atoms with van der Waals surface area (Å²) in [5, 5.41) is 3.78. The molecule has 0 bridgehead atoms. The normalized spacial score (nSPS) is 24.7. The molecule has 3 nitrogen and oxygen atoms in total. The van der Waals surface area contributed by atoms with Crippen LogP contribution in [0.1, 0.15) is 53.9 Å². The maximum Gasteiger partial charge on any atom is 0.0597 e. The highest BCUT2D eigenvalue weighted by Crippen LogP contribution is 2.23. The minimum absolute atomic E-state index is 0.323. The van der Waals surface area contributed by atoms with Crippen molar-refractivity contribution in [1.29, 1.82) is 0 Å². The van der Waals surface area contributed by atoms with Crippen LogP contribution in [0.3, 0.4) is 0 Å². The highest BCUT2D eigenvalue weighted by molar-refractivity contribution is 4.96. The van der Waals surface area contributed by atoms with E-state index in [1.807, 2.05) is 0 Å². The molecule has 1 unspecified atom stereocenters. The Labute approximate surface area is 113 Å². The maximum absolute atomic E-state index is 5.71. The van der Waals surface area contributed by atoms with E-state index in [-0.39, 0.29) is 0 Å². The number of hydrogen-bond donors (Lipinski definition) is 1. The summed E-state index contributed by atoms with van der Waals surface area (Å²) in [6.07, 6.45) is 3.98. The molecule has 0 aromatic heterocycles. The van der Waals surface area contributed by atoms with Crippen molar-refractivity contribution in [1.82, 2.24) is 10.2 Å². The van der Waals surface area contributed by atoms with Crippen molar-refractivity contribution in [2.24, 2.45) is 0 Å². The summed E-state index contributed by atoms with van der Waals surface area (Å²) in [6.45, 7) is 15.3. The summed E-state index contributed by atoms with van der Waals surface area (Å²) in [5.41, 5.74) is 0.323. The molecular formula is C15H32N2O. The van der Waals surface area contributed by atoms with Gasteiger partial charge in [0.1, 0.15) is 0 Å². The van der Waals surface area contributed by atoms with Gasteiger partial charge >= 0.3 is 0 Å². The van der Waals surface area contributed by atoms with Gasteiger partial charge < -0.3 is 10.1 Å². The molecule has 1 rings (SSSR count). The molecule has 0 aromatic carbocycles. The standard InChI is InChI=1S/C15H32N2O/c1-6-14-11-16-15(7-2,8-3)12-17(14)9-10-18-13(4)5/h13-14,16H,6-12H2,1-5H3. The molecule has 1 aliphatic rings. The number of piperazine rings is 1. The second-order valence-corrected chi connectivity index (χ2v) is 5.82. The fourth-order valence-corrected chi connectivity index (χ4v) is 2.83. The quantitative estimate of drug-likeness (QED) is 0.758. The van der Waals surface area contributed by atoms with Crippen molar-refractivity contribution in [2.45, 2.75) is 71.6 Å². The second kappa shape index (κ2) is 7.46. The topological polar surface area (TPSA) is 24.5 Å². The Hall–Kier alpha value is -0.120.